The average molecular weight is 348 g/mol. The van der Waals surface area contributed by atoms with Crippen LogP contribution in [0.15, 0.2) is 24.3 Å². The van der Waals surface area contributed by atoms with Crippen LogP contribution < -0.4 is 4.90 Å². The molecule has 1 aromatic carbocycles. The zero-order chi connectivity index (χ0) is 18.0. The van der Waals surface area contributed by atoms with Crippen molar-refractivity contribution in [2.24, 2.45) is 5.92 Å². The van der Waals surface area contributed by atoms with Crippen molar-refractivity contribution in [3.8, 4) is 0 Å². The highest BCUT2D eigenvalue weighted by molar-refractivity contribution is 5.95. The zero-order valence-corrected chi connectivity index (χ0v) is 14.8. The van der Waals surface area contributed by atoms with Gasteiger partial charge in [-0.05, 0) is 43.0 Å². The molecule has 1 aromatic rings. The molecule has 0 aliphatic carbocycles. The van der Waals surface area contributed by atoms with E-state index in [4.69, 9.17) is 4.74 Å². The number of rotatable bonds is 3. The van der Waals surface area contributed by atoms with Crippen LogP contribution in [0.3, 0.4) is 0 Å². The van der Waals surface area contributed by atoms with Crippen LogP contribution in [0.5, 0.6) is 0 Å². The summed E-state index contributed by atoms with van der Waals surface area (Å²) < 4.78 is 19.0. The molecule has 0 saturated carbocycles. The predicted molar refractivity (Wildman–Crippen MR) is 92.7 cm³/mol. The SMILES string of the molecule is CC(C)CC(=O)N1CCC2(CC1)CN(c1ccc(F)cc1)C(=O)CO2. The average Bonchev–Trinajstić information content (AvgIpc) is 2.58. The summed E-state index contributed by atoms with van der Waals surface area (Å²) in [6.45, 7) is 5.86. The van der Waals surface area contributed by atoms with Gasteiger partial charge in [-0.25, -0.2) is 4.39 Å². The van der Waals surface area contributed by atoms with E-state index in [0.29, 0.717) is 50.5 Å². The van der Waals surface area contributed by atoms with E-state index >= 15 is 0 Å². The fourth-order valence-electron chi connectivity index (χ4n) is 3.52. The maximum atomic E-state index is 13.1. The number of halogens is 1. The topological polar surface area (TPSA) is 49.9 Å². The van der Waals surface area contributed by atoms with Crippen LogP contribution in [0, 0.1) is 11.7 Å². The minimum absolute atomic E-state index is 0.0251. The maximum absolute atomic E-state index is 13.1. The van der Waals surface area contributed by atoms with E-state index in [1.807, 2.05) is 18.7 Å². The summed E-state index contributed by atoms with van der Waals surface area (Å²) in [4.78, 5) is 28.0. The monoisotopic (exact) mass is 348 g/mol. The van der Waals surface area contributed by atoms with Crippen molar-refractivity contribution in [1.82, 2.24) is 4.90 Å². The van der Waals surface area contributed by atoms with Gasteiger partial charge in [0.05, 0.1) is 12.1 Å². The minimum Gasteiger partial charge on any atom is -0.363 e. The largest absolute Gasteiger partial charge is 0.363 e. The Labute approximate surface area is 147 Å². The lowest BCUT2D eigenvalue weighted by atomic mass is 9.88. The molecule has 0 bridgehead atoms. The number of likely N-dealkylation sites (tertiary alicyclic amines) is 1. The molecule has 136 valence electrons. The summed E-state index contributed by atoms with van der Waals surface area (Å²) in [6.07, 6.45) is 1.98. The van der Waals surface area contributed by atoms with Gasteiger partial charge in [0.2, 0.25) is 5.91 Å². The van der Waals surface area contributed by atoms with Gasteiger partial charge in [-0.15, -0.1) is 0 Å². The van der Waals surface area contributed by atoms with Gasteiger partial charge in [0, 0.05) is 25.2 Å². The van der Waals surface area contributed by atoms with Gasteiger partial charge in [0.1, 0.15) is 12.4 Å². The number of hydrogen-bond donors (Lipinski definition) is 0. The first-order valence-corrected chi connectivity index (χ1v) is 8.86. The zero-order valence-electron chi connectivity index (χ0n) is 14.8. The van der Waals surface area contributed by atoms with E-state index < -0.39 is 5.60 Å². The highest BCUT2D eigenvalue weighted by atomic mass is 19.1. The first-order valence-electron chi connectivity index (χ1n) is 8.86. The molecular formula is C19H25FN2O3. The summed E-state index contributed by atoms with van der Waals surface area (Å²) in [6, 6.07) is 5.96. The quantitative estimate of drug-likeness (QED) is 0.844. The molecule has 2 fully saturated rings. The molecule has 0 unspecified atom stereocenters. The normalized spacial score (nSPS) is 20.4. The van der Waals surface area contributed by atoms with E-state index in [1.165, 1.54) is 12.1 Å². The van der Waals surface area contributed by atoms with Crippen molar-refractivity contribution < 1.29 is 18.7 Å². The molecule has 0 aromatic heterocycles. The van der Waals surface area contributed by atoms with Crippen LogP contribution in [-0.2, 0) is 14.3 Å². The van der Waals surface area contributed by atoms with Gasteiger partial charge in [0.15, 0.2) is 0 Å². The van der Waals surface area contributed by atoms with E-state index in [0.717, 1.165) is 0 Å². The van der Waals surface area contributed by atoms with Crippen molar-refractivity contribution in [3.05, 3.63) is 30.1 Å². The molecule has 5 nitrogen and oxygen atoms in total. The summed E-state index contributed by atoms with van der Waals surface area (Å²) in [7, 11) is 0. The third kappa shape index (κ3) is 4.00. The second kappa shape index (κ2) is 7.12. The van der Waals surface area contributed by atoms with Crippen LogP contribution in [-0.4, -0.2) is 48.6 Å². The molecule has 2 saturated heterocycles. The smallest absolute Gasteiger partial charge is 0.253 e. The molecule has 1 spiro atoms. The third-order valence-corrected chi connectivity index (χ3v) is 5.00. The van der Waals surface area contributed by atoms with Gasteiger partial charge in [0.25, 0.3) is 5.91 Å². The molecule has 2 aliphatic heterocycles. The van der Waals surface area contributed by atoms with Crippen molar-refractivity contribution in [2.45, 2.75) is 38.7 Å². The lowest BCUT2D eigenvalue weighted by Crippen LogP contribution is -2.59. The fourth-order valence-corrected chi connectivity index (χ4v) is 3.52. The van der Waals surface area contributed by atoms with Gasteiger partial charge >= 0.3 is 0 Å². The number of piperidine rings is 1. The lowest BCUT2D eigenvalue weighted by Gasteiger charge is -2.47. The number of benzene rings is 1. The highest BCUT2D eigenvalue weighted by Gasteiger charge is 2.43. The van der Waals surface area contributed by atoms with Gasteiger partial charge < -0.3 is 14.5 Å². The summed E-state index contributed by atoms with van der Waals surface area (Å²) >= 11 is 0. The van der Waals surface area contributed by atoms with Crippen LogP contribution in [0.25, 0.3) is 0 Å². The molecule has 0 N–H and O–H groups in total. The Morgan fingerprint density at radius 3 is 2.48 bits per heavy atom. The number of nitrogens with zero attached hydrogens (tertiary/aromatic N) is 2. The maximum Gasteiger partial charge on any atom is 0.253 e. The summed E-state index contributed by atoms with van der Waals surface area (Å²) in [5.74, 6) is 0.0970. The Kier molecular flexibility index (Phi) is 5.08. The Morgan fingerprint density at radius 1 is 1.24 bits per heavy atom. The van der Waals surface area contributed by atoms with Crippen molar-refractivity contribution in [3.63, 3.8) is 0 Å². The number of carbonyl (C=O) groups is 2. The summed E-state index contributed by atoms with van der Waals surface area (Å²) in [5, 5.41) is 0. The molecule has 6 heteroatoms. The summed E-state index contributed by atoms with van der Waals surface area (Å²) in [5.41, 5.74) is 0.268. The number of anilines is 1. The van der Waals surface area contributed by atoms with Gasteiger partial charge in [-0.3, -0.25) is 9.59 Å². The standard InChI is InChI=1S/C19H25FN2O3/c1-14(2)11-17(23)21-9-7-19(8-10-21)13-22(18(24)12-25-19)16-5-3-15(20)4-6-16/h3-6,14H,7-13H2,1-2H3. The van der Waals surface area contributed by atoms with Crippen LogP contribution in [0.4, 0.5) is 10.1 Å². The first-order chi connectivity index (χ1) is 11.9. The van der Waals surface area contributed by atoms with E-state index in [9.17, 15) is 14.0 Å². The van der Waals surface area contributed by atoms with Crippen molar-refractivity contribution in [1.29, 1.82) is 0 Å². The molecule has 25 heavy (non-hydrogen) atoms. The van der Waals surface area contributed by atoms with Crippen LogP contribution in [0.1, 0.15) is 33.1 Å². The van der Waals surface area contributed by atoms with Gasteiger partial charge in [-0.1, -0.05) is 13.8 Å². The Bertz CT molecular complexity index is 637. The van der Waals surface area contributed by atoms with Crippen molar-refractivity contribution >= 4 is 17.5 Å². The molecule has 2 amide bonds. The minimum atomic E-state index is -0.420. The molecule has 0 radical (unpaired) electrons. The number of amides is 2. The number of hydrogen-bond acceptors (Lipinski definition) is 3. The van der Waals surface area contributed by atoms with E-state index in [-0.39, 0.29) is 24.2 Å². The van der Waals surface area contributed by atoms with E-state index in [2.05, 4.69) is 0 Å². The third-order valence-electron chi connectivity index (χ3n) is 5.00. The molecule has 2 aliphatic rings. The van der Waals surface area contributed by atoms with Gasteiger partial charge in [-0.2, -0.15) is 0 Å². The highest BCUT2D eigenvalue weighted by Crippen LogP contribution is 2.33. The van der Waals surface area contributed by atoms with E-state index in [1.54, 1.807) is 17.0 Å². The Hall–Kier alpha value is -1.95. The fraction of sp³-hybridized carbons (Fsp3) is 0.579. The Balaban J connectivity index is 1.66. The Morgan fingerprint density at radius 2 is 1.88 bits per heavy atom. The lowest BCUT2D eigenvalue weighted by molar-refractivity contribution is -0.150. The van der Waals surface area contributed by atoms with Crippen LogP contribution in [0.2, 0.25) is 0 Å². The van der Waals surface area contributed by atoms with Crippen molar-refractivity contribution in [2.75, 3.05) is 31.1 Å². The second-order valence-corrected chi connectivity index (χ2v) is 7.41. The van der Waals surface area contributed by atoms with Crippen LogP contribution >= 0.6 is 0 Å². The predicted octanol–water partition coefficient (Wildman–Crippen LogP) is 2.60. The molecular weight excluding hydrogens is 323 g/mol. The molecule has 2 heterocycles. The molecule has 0 atom stereocenters. The second-order valence-electron chi connectivity index (χ2n) is 7.41. The first kappa shape index (κ1) is 17.9. The molecule has 3 rings (SSSR count). The number of morpholine rings is 1. The number of carbonyl (C=O) groups excluding carboxylic acids is 2. The number of ether oxygens (including phenoxy) is 1.